The molecule has 0 saturated heterocycles. The maximum Gasteiger partial charge on any atom is 0.237 e. The van der Waals surface area contributed by atoms with Gasteiger partial charge in [-0.2, -0.15) is 0 Å². The highest BCUT2D eigenvalue weighted by atomic mass is 35.5. The molecule has 0 fully saturated rings. The maximum absolute atomic E-state index is 12.2. The third-order valence-electron chi connectivity index (χ3n) is 4.08. The number of nitrogens with two attached hydrogens (primary N) is 1. The summed E-state index contributed by atoms with van der Waals surface area (Å²) in [4.78, 5) is 14.5. The molecule has 0 aromatic heterocycles. The summed E-state index contributed by atoms with van der Waals surface area (Å²) in [6.45, 7) is 13.7. The summed E-state index contributed by atoms with van der Waals surface area (Å²) in [6, 6.07) is 7.76. The minimum atomic E-state index is -0.498. The fourth-order valence-electron chi connectivity index (χ4n) is 2.26. The minimum absolute atomic E-state index is 0. The number of benzene rings is 1. The highest BCUT2D eigenvalue weighted by molar-refractivity contribution is 5.85. The first kappa shape index (κ1) is 25.4. The van der Waals surface area contributed by atoms with Gasteiger partial charge in [0.25, 0.3) is 0 Å². The average molecular weight is 378 g/mol. The molecule has 0 aliphatic heterocycles. The van der Waals surface area contributed by atoms with E-state index in [4.69, 9.17) is 5.73 Å². The van der Waals surface area contributed by atoms with E-state index in [1.807, 2.05) is 32.9 Å². The first-order chi connectivity index (χ1) is 10.3. The second-order valence-electron chi connectivity index (χ2n) is 6.79. The highest BCUT2D eigenvalue weighted by Crippen LogP contribution is 2.17. The molecule has 1 aromatic carbocycles. The predicted molar refractivity (Wildman–Crippen MR) is 107 cm³/mol. The van der Waals surface area contributed by atoms with Crippen LogP contribution in [0.1, 0.15) is 45.7 Å². The topological polar surface area (TPSA) is 58.4 Å². The van der Waals surface area contributed by atoms with E-state index >= 15 is 0 Å². The monoisotopic (exact) mass is 377 g/mol. The van der Waals surface area contributed by atoms with Gasteiger partial charge in [-0.1, -0.05) is 58.9 Å². The highest BCUT2D eigenvalue weighted by Gasteiger charge is 2.27. The summed E-state index contributed by atoms with van der Waals surface area (Å²) < 4.78 is 0. The number of hydrogen-bond acceptors (Lipinski definition) is 3. The summed E-state index contributed by atoms with van der Waals surface area (Å²) in [5, 5.41) is 2.97. The van der Waals surface area contributed by atoms with Crippen molar-refractivity contribution >= 4 is 30.7 Å². The second-order valence-corrected chi connectivity index (χ2v) is 6.79. The molecule has 4 nitrogen and oxygen atoms in total. The predicted octanol–water partition coefficient (Wildman–Crippen LogP) is 3.36. The zero-order chi connectivity index (χ0) is 16.8. The number of hydrogen-bond donors (Lipinski definition) is 2. The third kappa shape index (κ3) is 7.84. The van der Waals surface area contributed by atoms with E-state index in [0.29, 0.717) is 6.54 Å². The van der Waals surface area contributed by atoms with Crippen molar-refractivity contribution in [2.75, 3.05) is 13.1 Å². The maximum atomic E-state index is 12.2. The SMILES string of the molecule is CCN(CC)Cc1ccccc1CNC(=O)[C@@H](N)C(C)(C)C.Cl.Cl. The smallest absolute Gasteiger partial charge is 0.237 e. The van der Waals surface area contributed by atoms with Gasteiger partial charge in [-0.05, 0) is 29.6 Å². The number of amides is 1. The van der Waals surface area contributed by atoms with Crippen LogP contribution in [0.2, 0.25) is 0 Å². The molecule has 1 aromatic rings. The molecule has 0 aliphatic carbocycles. The molecule has 0 spiro atoms. The molecule has 6 heteroatoms. The lowest BCUT2D eigenvalue weighted by Crippen LogP contribution is -2.48. The molecular weight excluding hydrogens is 345 g/mol. The number of halogens is 2. The standard InChI is InChI=1S/C18H31N3O.2ClH/c1-6-21(7-2)13-15-11-9-8-10-14(15)12-20-17(22)16(19)18(3,4)5;;/h8-11,16H,6-7,12-13,19H2,1-5H3,(H,20,22);2*1H/t16-;;/m1../s1. The average Bonchev–Trinajstić information content (AvgIpc) is 2.49. The molecule has 1 atom stereocenters. The lowest BCUT2D eigenvalue weighted by Gasteiger charge is -2.26. The zero-order valence-corrected chi connectivity index (χ0v) is 17.1. The van der Waals surface area contributed by atoms with Crippen molar-refractivity contribution in [1.82, 2.24) is 10.2 Å². The van der Waals surface area contributed by atoms with Crippen LogP contribution < -0.4 is 11.1 Å². The summed E-state index contributed by atoms with van der Waals surface area (Å²) in [5.41, 5.74) is 8.19. The largest absolute Gasteiger partial charge is 0.351 e. The molecule has 3 N–H and O–H groups in total. The van der Waals surface area contributed by atoms with Crippen molar-refractivity contribution < 1.29 is 4.79 Å². The van der Waals surface area contributed by atoms with Gasteiger partial charge < -0.3 is 11.1 Å². The zero-order valence-electron chi connectivity index (χ0n) is 15.5. The molecule has 1 amide bonds. The van der Waals surface area contributed by atoms with Gasteiger partial charge in [-0.15, -0.1) is 24.8 Å². The molecule has 0 unspecified atom stereocenters. The number of rotatable bonds is 7. The third-order valence-corrected chi connectivity index (χ3v) is 4.08. The van der Waals surface area contributed by atoms with Crippen LogP contribution in [0.4, 0.5) is 0 Å². The van der Waals surface area contributed by atoms with Gasteiger partial charge in [0.2, 0.25) is 5.91 Å². The first-order valence-corrected chi connectivity index (χ1v) is 8.12. The van der Waals surface area contributed by atoms with Crippen LogP contribution in [0.15, 0.2) is 24.3 Å². The van der Waals surface area contributed by atoms with Gasteiger partial charge in [0.05, 0.1) is 6.04 Å². The van der Waals surface area contributed by atoms with Crippen molar-refractivity contribution in [3.8, 4) is 0 Å². The Hall–Kier alpha value is -0.810. The van der Waals surface area contributed by atoms with Crippen LogP contribution in [-0.4, -0.2) is 29.9 Å². The Labute approximate surface area is 159 Å². The Morgan fingerprint density at radius 1 is 1.12 bits per heavy atom. The van der Waals surface area contributed by atoms with Gasteiger partial charge in [0.1, 0.15) is 0 Å². The second kappa shape index (κ2) is 11.7. The number of nitrogens with one attached hydrogen (secondary N) is 1. The van der Waals surface area contributed by atoms with Crippen molar-refractivity contribution in [3.05, 3.63) is 35.4 Å². The summed E-state index contributed by atoms with van der Waals surface area (Å²) in [6.07, 6.45) is 0. The lowest BCUT2D eigenvalue weighted by molar-refractivity contribution is -0.124. The van der Waals surface area contributed by atoms with Gasteiger partial charge in [-0.3, -0.25) is 9.69 Å². The molecule has 140 valence electrons. The fraction of sp³-hybridized carbons (Fsp3) is 0.611. The van der Waals surface area contributed by atoms with Gasteiger partial charge in [0, 0.05) is 13.1 Å². The Kier molecular flexibility index (Phi) is 12.4. The molecule has 0 aliphatic rings. The normalized spacial score (nSPS) is 12.1. The molecule has 0 saturated carbocycles. The van der Waals surface area contributed by atoms with E-state index in [1.54, 1.807) is 0 Å². The molecule has 0 heterocycles. The molecule has 0 bridgehead atoms. The molecule has 0 radical (unpaired) electrons. The van der Waals surface area contributed by atoms with Gasteiger partial charge in [0.15, 0.2) is 0 Å². The van der Waals surface area contributed by atoms with Crippen LogP contribution in [-0.2, 0) is 17.9 Å². The fourth-order valence-corrected chi connectivity index (χ4v) is 2.26. The van der Waals surface area contributed by atoms with Crippen LogP contribution in [0.3, 0.4) is 0 Å². The van der Waals surface area contributed by atoms with E-state index in [-0.39, 0.29) is 36.1 Å². The van der Waals surface area contributed by atoms with Crippen molar-refractivity contribution in [3.63, 3.8) is 0 Å². The Morgan fingerprint density at radius 3 is 2.08 bits per heavy atom. The summed E-state index contributed by atoms with van der Waals surface area (Å²) >= 11 is 0. The van der Waals surface area contributed by atoms with E-state index in [9.17, 15) is 4.79 Å². The Morgan fingerprint density at radius 2 is 1.62 bits per heavy atom. The molecule has 24 heavy (non-hydrogen) atoms. The van der Waals surface area contributed by atoms with Gasteiger partial charge in [-0.25, -0.2) is 0 Å². The summed E-state index contributed by atoms with van der Waals surface area (Å²) in [7, 11) is 0. The number of carbonyl (C=O) groups is 1. The molecular formula is C18H33Cl2N3O. The van der Waals surface area contributed by atoms with Crippen LogP contribution in [0, 0.1) is 5.41 Å². The van der Waals surface area contributed by atoms with Crippen LogP contribution in [0.5, 0.6) is 0 Å². The minimum Gasteiger partial charge on any atom is -0.351 e. The van der Waals surface area contributed by atoms with Crippen LogP contribution in [0.25, 0.3) is 0 Å². The Balaban J connectivity index is 0. The van der Waals surface area contributed by atoms with Crippen molar-refractivity contribution in [2.24, 2.45) is 11.1 Å². The van der Waals surface area contributed by atoms with Gasteiger partial charge >= 0.3 is 0 Å². The van der Waals surface area contributed by atoms with Crippen molar-refractivity contribution in [1.29, 1.82) is 0 Å². The first-order valence-electron chi connectivity index (χ1n) is 8.12. The lowest BCUT2D eigenvalue weighted by atomic mass is 9.87. The van der Waals surface area contributed by atoms with E-state index in [2.05, 4.69) is 36.2 Å². The van der Waals surface area contributed by atoms with Crippen LogP contribution >= 0.6 is 24.8 Å². The Bertz CT molecular complexity index is 485. The van der Waals surface area contributed by atoms with E-state index in [1.165, 1.54) is 5.56 Å². The quantitative estimate of drug-likeness (QED) is 0.765. The number of nitrogens with zero attached hydrogens (tertiary/aromatic N) is 1. The van der Waals surface area contributed by atoms with E-state index in [0.717, 1.165) is 25.2 Å². The van der Waals surface area contributed by atoms with Crippen molar-refractivity contribution in [2.45, 2.75) is 53.8 Å². The summed E-state index contributed by atoms with van der Waals surface area (Å²) in [5.74, 6) is -0.0925. The van der Waals surface area contributed by atoms with E-state index < -0.39 is 6.04 Å². The number of carbonyl (C=O) groups excluding carboxylic acids is 1. The molecule has 1 rings (SSSR count).